The Morgan fingerprint density at radius 3 is 2.77 bits per heavy atom. The number of carbonyl (C=O) groups is 1. The second kappa shape index (κ2) is 4.57. The summed E-state index contributed by atoms with van der Waals surface area (Å²) < 4.78 is 1.47. The van der Waals surface area contributed by atoms with E-state index in [4.69, 9.17) is 5.11 Å². The van der Waals surface area contributed by atoms with Crippen molar-refractivity contribution in [3.63, 3.8) is 0 Å². The van der Waals surface area contributed by atoms with Crippen LogP contribution in [0.2, 0.25) is 0 Å². The van der Waals surface area contributed by atoms with Gasteiger partial charge in [-0.3, -0.25) is 4.79 Å². The number of nitrogens with one attached hydrogen (secondary N) is 1. The molecule has 70 valence electrons. The van der Waals surface area contributed by atoms with E-state index in [0.717, 1.165) is 4.47 Å². The summed E-state index contributed by atoms with van der Waals surface area (Å²) in [5.74, 6) is -0.390. The number of carboxylic acid groups (broad SMARTS) is 1. The fourth-order valence-corrected chi connectivity index (χ4v) is 1.23. The number of hydrogen-bond acceptors (Lipinski definition) is 3. The van der Waals surface area contributed by atoms with Crippen LogP contribution in [0.4, 0.5) is 5.82 Å². The maximum Gasteiger partial charge on any atom is 0.322 e. The van der Waals surface area contributed by atoms with Gasteiger partial charge in [-0.05, 0) is 44.0 Å². The summed E-state index contributed by atoms with van der Waals surface area (Å²) in [5.41, 5.74) is 0. The first-order chi connectivity index (χ1) is 6.09. The summed E-state index contributed by atoms with van der Waals surface area (Å²) in [7, 11) is 0. The summed E-state index contributed by atoms with van der Waals surface area (Å²) >= 11 is 6.46. The third kappa shape index (κ3) is 3.31. The third-order valence-electron chi connectivity index (χ3n) is 1.22. The minimum absolute atomic E-state index is 0.138. The molecule has 0 saturated carbocycles. The molecule has 0 unspecified atom stereocenters. The lowest BCUT2D eigenvalue weighted by atomic mass is 10.4. The molecule has 0 spiro atoms. The lowest BCUT2D eigenvalue weighted by molar-refractivity contribution is -0.134. The second-order valence-electron chi connectivity index (χ2n) is 2.22. The van der Waals surface area contributed by atoms with Crippen LogP contribution < -0.4 is 5.32 Å². The number of aliphatic carboxylic acids is 1. The lowest BCUT2D eigenvalue weighted by Gasteiger charge is -2.02. The molecule has 1 aromatic heterocycles. The highest BCUT2D eigenvalue weighted by Crippen LogP contribution is 2.21. The van der Waals surface area contributed by atoms with Gasteiger partial charge in [-0.15, -0.1) is 0 Å². The second-order valence-corrected chi connectivity index (χ2v) is 3.82. The van der Waals surface area contributed by atoms with Gasteiger partial charge >= 0.3 is 5.97 Å². The normalized spacial score (nSPS) is 9.69. The minimum Gasteiger partial charge on any atom is -0.480 e. The highest BCUT2D eigenvalue weighted by atomic mass is 79.9. The molecule has 0 aliphatic heterocycles. The maximum absolute atomic E-state index is 10.2. The highest BCUT2D eigenvalue weighted by molar-refractivity contribution is 9.13. The van der Waals surface area contributed by atoms with Gasteiger partial charge in [0.2, 0.25) is 0 Å². The SMILES string of the molecule is O=C(O)CNc1ccc(Br)c(Br)n1. The molecule has 0 aliphatic rings. The van der Waals surface area contributed by atoms with E-state index in [1.165, 1.54) is 0 Å². The van der Waals surface area contributed by atoms with Gasteiger partial charge < -0.3 is 10.4 Å². The Morgan fingerprint density at radius 1 is 1.54 bits per heavy atom. The average molecular weight is 310 g/mol. The zero-order chi connectivity index (χ0) is 9.84. The van der Waals surface area contributed by atoms with Gasteiger partial charge in [-0.1, -0.05) is 0 Å². The smallest absolute Gasteiger partial charge is 0.322 e. The first kappa shape index (κ1) is 10.5. The van der Waals surface area contributed by atoms with Crippen LogP contribution >= 0.6 is 31.9 Å². The van der Waals surface area contributed by atoms with Gasteiger partial charge in [0.1, 0.15) is 17.0 Å². The maximum atomic E-state index is 10.2. The minimum atomic E-state index is -0.916. The van der Waals surface area contributed by atoms with Crippen molar-refractivity contribution in [3.8, 4) is 0 Å². The number of anilines is 1. The fourth-order valence-electron chi connectivity index (χ4n) is 0.682. The molecule has 0 aromatic carbocycles. The molecule has 1 heterocycles. The van der Waals surface area contributed by atoms with Crippen LogP contribution in [0.15, 0.2) is 21.2 Å². The summed E-state index contributed by atoms with van der Waals surface area (Å²) in [6.07, 6.45) is 0. The molecular weight excluding hydrogens is 304 g/mol. The molecule has 0 bridgehead atoms. The molecule has 6 heteroatoms. The largest absolute Gasteiger partial charge is 0.480 e. The number of rotatable bonds is 3. The Kier molecular flexibility index (Phi) is 3.68. The van der Waals surface area contributed by atoms with Gasteiger partial charge in [0.25, 0.3) is 0 Å². The fraction of sp³-hybridized carbons (Fsp3) is 0.143. The summed E-state index contributed by atoms with van der Waals surface area (Å²) in [6.45, 7) is -0.138. The zero-order valence-electron chi connectivity index (χ0n) is 6.42. The highest BCUT2D eigenvalue weighted by Gasteiger charge is 2.01. The van der Waals surface area contributed by atoms with Crippen molar-refractivity contribution >= 4 is 43.6 Å². The molecular formula is C7H6Br2N2O2. The predicted molar refractivity (Wildman–Crippen MR) is 55.8 cm³/mol. The van der Waals surface area contributed by atoms with E-state index in [9.17, 15) is 4.79 Å². The van der Waals surface area contributed by atoms with Crippen molar-refractivity contribution in [2.75, 3.05) is 11.9 Å². The average Bonchev–Trinajstić information content (AvgIpc) is 2.07. The molecule has 0 saturated heterocycles. The van der Waals surface area contributed by atoms with Crippen LogP contribution in [0.5, 0.6) is 0 Å². The Labute approximate surface area is 91.6 Å². The molecule has 0 aliphatic carbocycles. The van der Waals surface area contributed by atoms with Gasteiger partial charge in [0.15, 0.2) is 0 Å². The van der Waals surface area contributed by atoms with E-state index in [1.807, 2.05) is 0 Å². The molecule has 2 N–H and O–H groups in total. The first-order valence-electron chi connectivity index (χ1n) is 3.37. The first-order valence-corrected chi connectivity index (χ1v) is 4.96. The van der Waals surface area contributed by atoms with Crippen molar-refractivity contribution in [1.82, 2.24) is 4.98 Å². The van der Waals surface area contributed by atoms with Crippen molar-refractivity contribution in [2.45, 2.75) is 0 Å². The number of hydrogen-bond donors (Lipinski definition) is 2. The number of halogens is 2. The molecule has 0 fully saturated rings. The van der Waals surface area contributed by atoms with E-state index >= 15 is 0 Å². The molecule has 4 nitrogen and oxygen atoms in total. The van der Waals surface area contributed by atoms with Crippen LogP contribution in [0, 0.1) is 0 Å². The Balaban J connectivity index is 2.68. The molecule has 0 amide bonds. The van der Waals surface area contributed by atoms with Gasteiger partial charge in [-0.25, -0.2) is 4.98 Å². The number of aromatic nitrogens is 1. The van der Waals surface area contributed by atoms with Crippen LogP contribution in [-0.4, -0.2) is 22.6 Å². The Bertz CT molecular complexity index is 330. The van der Waals surface area contributed by atoms with E-state index < -0.39 is 5.97 Å². The summed E-state index contributed by atoms with van der Waals surface area (Å²) in [5, 5.41) is 11.0. The van der Waals surface area contributed by atoms with Crippen LogP contribution in [0.25, 0.3) is 0 Å². The van der Waals surface area contributed by atoms with Crippen LogP contribution in [0.3, 0.4) is 0 Å². The van der Waals surface area contributed by atoms with E-state index in [-0.39, 0.29) is 6.54 Å². The molecule has 1 aromatic rings. The predicted octanol–water partition coefficient (Wildman–Crippen LogP) is 2.10. The number of pyridine rings is 1. The number of carboxylic acids is 1. The van der Waals surface area contributed by atoms with Crippen molar-refractivity contribution in [2.24, 2.45) is 0 Å². The van der Waals surface area contributed by atoms with Crippen LogP contribution in [0.1, 0.15) is 0 Å². The van der Waals surface area contributed by atoms with Crippen molar-refractivity contribution in [1.29, 1.82) is 0 Å². The third-order valence-corrected chi connectivity index (χ3v) is 3.00. The van der Waals surface area contributed by atoms with E-state index in [1.54, 1.807) is 12.1 Å². The Hall–Kier alpha value is -0.620. The Morgan fingerprint density at radius 2 is 2.23 bits per heavy atom. The van der Waals surface area contributed by atoms with E-state index in [2.05, 4.69) is 42.2 Å². The quantitative estimate of drug-likeness (QED) is 0.839. The van der Waals surface area contributed by atoms with Gasteiger partial charge in [0, 0.05) is 0 Å². The topological polar surface area (TPSA) is 62.2 Å². The van der Waals surface area contributed by atoms with Crippen molar-refractivity contribution in [3.05, 3.63) is 21.2 Å². The van der Waals surface area contributed by atoms with Gasteiger partial charge in [0.05, 0.1) is 4.47 Å². The zero-order valence-corrected chi connectivity index (χ0v) is 9.59. The molecule has 0 radical (unpaired) electrons. The summed E-state index contributed by atoms with van der Waals surface area (Å²) in [6, 6.07) is 3.47. The molecule has 13 heavy (non-hydrogen) atoms. The monoisotopic (exact) mass is 308 g/mol. The van der Waals surface area contributed by atoms with Crippen LogP contribution in [-0.2, 0) is 4.79 Å². The summed E-state index contributed by atoms with van der Waals surface area (Å²) in [4.78, 5) is 14.3. The molecule has 0 atom stereocenters. The number of nitrogens with zero attached hydrogens (tertiary/aromatic N) is 1. The molecule has 1 rings (SSSR count). The van der Waals surface area contributed by atoms with E-state index in [0.29, 0.717) is 10.4 Å². The van der Waals surface area contributed by atoms with Crippen molar-refractivity contribution < 1.29 is 9.90 Å². The standard InChI is InChI=1S/C7H6Br2N2O2/c8-4-1-2-5(11-7(4)9)10-3-6(12)13/h1-2H,3H2,(H,10,11)(H,12,13). The van der Waals surface area contributed by atoms with Gasteiger partial charge in [-0.2, -0.15) is 0 Å². The lowest BCUT2D eigenvalue weighted by Crippen LogP contribution is -2.13.